The summed E-state index contributed by atoms with van der Waals surface area (Å²) in [6.07, 6.45) is 5.83. The molecule has 1 saturated heterocycles. The smallest absolute Gasteiger partial charge is 0.225 e. The van der Waals surface area contributed by atoms with Gasteiger partial charge in [-0.15, -0.1) is 0 Å². The molecule has 5 rings (SSSR count). The van der Waals surface area contributed by atoms with Crippen LogP contribution in [0.25, 0.3) is 11.3 Å². The standard InChI is InChI=1S/C28H29N3O3/c1-17-11-21(22-6-3-19(15-29)16-30-22)12-18(2)25(17)26-23(32)13-28(14-24(26)33)7-9-31(10-8-28)27(34)20-4-5-20/h3,6,11-12,16,20,26H,4-5,7-10,13-14H2,1-2H3. The van der Waals surface area contributed by atoms with E-state index in [4.69, 9.17) is 5.26 Å². The summed E-state index contributed by atoms with van der Waals surface area (Å²) in [6, 6.07) is 9.57. The number of hydrogen-bond donors (Lipinski definition) is 0. The molecule has 1 amide bonds. The molecule has 0 bridgehead atoms. The highest BCUT2D eigenvalue weighted by molar-refractivity contribution is 6.10. The minimum absolute atomic E-state index is 0.00803. The second kappa shape index (κ2) is 8.47. The van der Waals surface area contributed by atoms with Crippen LogP contribution in [0.4, 0.5) is 0 Å². The van der Waals surface area contributed by atoms with Gasteiger partial charge in [0.2, 0.25) is 5.91 Å². The van der Waals surface area contributed by atoms with E-state index in [0.717, 1.165) is 53.6 Å². The Labute approximate surface area is 200 Å². The van der Waals surface area contributed by atoms with E-state index in [9.17, 15) is 14.4 Å². The predicted molar refractivity (Wildman–Crippen MR) is 127 cm³/mol. The average Bonchev–Trinajstić information content (AvgIpc) is 3.66. The molecule has 3 aliphatic rings. The highest BCUT2D eigenvalue weighted by Crippen LogP contribution is 2.47. The van der Waals surface area contributed by atoms with Crippen LogP contribution >= 0.6 is 0 Å². The normalized spacial score (nSPS) is 20.4. The van der Waals surface area contributed by atoms with Crippen molar-refractivity contribution in [3.63, 3.8) is 0 Å². The predicted octanol–water partition coefficient (Wildman–Crippen LogP) is 4.27. The average molecular weight is 456 g/mol. The van der Waals surface area contributed by atoms with E-state index < -0.39 is 5.92 Å². The third-order valence-corrected chi connectivity index (χ3v) is 7.88. The second-order valence-corrected chi connectivity index (χ2v) is 10.4. The number of nitrogens with zero attached hydrogens (tertiary/aromatic N) is 3. The lowest BCUT2D eigenvalue weighted by atomic mass is 9.62. The van der Waals surface area contributed by atoms with Crippen LogP contribution < -0.4 is 0 Å². The number of likely N-dealkylation sites (tertiary alicyclic amines) is 1. The van der Waals surface area contributed by atoms with E-state index in [2.05, 4.69) is 11.1 Å². The molecule has 0 N–H and O–H groups in total. The lowest BCUT2D eigenvalue weighted by molar-refractivity contribution is -0.140. The molecule has 0 atom stereocenters. The van der Waals surface area contributed by atoms with Crippen molar-refractivity contribution < 1.29 is 14.4 Å². The van der Waals surface area contributed by atoms with Crippen molar-refractivity contribution in [2.45, 2.75) is 58.3 Å². The van der Waals surface area contributed by atoms with Crippen molar-refractivity contribution in [1.82, 2.24) is 9.88 Å². The fraction of sp³-hybridized carbons (Fsp3) is 0.464. The number of hydrogen-bond acceptors (Lipinski definition) is 5. The van der Waals surface area contributed by atoms with Crippen molar-refractivity contribution in [2.24, 2.45) is 11.3 Å². The number of ketones is 2. The Morgan fingerprint density at radius 3 is 2.18 bits per heavy atom. The highest BCUT2D eigenvalue weighted by atomic mass is 16.2. The number of pyridine rings is 1. The third-order valence-electron chi connectivity index (χ3n) is 7.88. The fourth-order valence-electron chi connectivity index (χ4n) is 5.86. The molecule has 1 aromatic carbocycles. The minimum Gasteiger partial charge on any atom is -0.342 e. The van der Waals surface area contributed by atoms with Gasteiger partial charge in [-0.25, -0.2) is 0 Å². The molecule has 2 heterocycles. The summed E-state index contributed by atoms with van der Waals surface area (Å²) in [5, 5.41) is 9.00. The molecule has 6 heteroatoms. The molecule has 1 aromatic heterocycles. The van der Waals surface area contributed by atoms with Crippen LogP contribution in [0.3, 0.4) is 0 Å². The first kappa shape index (κ1) is 22.5. The maximum Gasteiger partial charge on any atom is 0.225 e. The number of aryl methyl sites for hydroxylation is 2. The topological polar surface area (TPSA) is 91.1 Å². The van der Waals surface area contributed by atoms with E-state index in [1.54, 1.807) is 12.3 Å². The van der Waals surface area contributed by atoms with Crippen molar-refractivity contribution in [3.05, 3.63) is 52.7 Å². The molecular formula is C28H29N3O3. The van der Waals surface area contributed by atoms with Crippen molar-refractivity contribution in [3.8, 4) is 17.3 Å². The summed E-state index contributed by atoms with van der Waals surface area (Å²) in [5.74, 6) is -0.229. The summed E-state index contributed by atoms with van der Waals surface area (Å²) in [7, 11) is 0. The Hall–Kier alpha value is -3.33. The van der Waals surface area contributed by atoms with Crippen LogP contribution in [0.1, 0.15) is 66.7 Å². The van der Waals surface area contributed by atoms with Crippen molar-refractivity contribution in [2.75, 3.05) is 13.1 Å². The van der Waals surface area contributed by atoms with Crippen LogP contribution in [-0.4, -0.2) is 40.4 Å². The van der Waals surface area contributed by atoms with Gasteiger partial charge in [0.05, 0.1) is 11.3 Å². The summed E-state index contributed by atoms with van der Waals surface area (Å²) in [4.78, 5) is 45.5. The zero-order chi connectivity index (χ0) is 24.0. The molecule has 2 aliphatic carbocycles. The number of amides is 1. The van der Waals surface area contributed by atoms with E-state index >= 15 is 0 Å². The Bertz CT molecular complexity index is 1170. The number of nitriles is 1. The summed E-state index contributed by atoms with van der Waals surface area (Å²) >= 11 is 0. The molecule has 2 saturated carbocycles. The number of rotatable bonds is 3. The van der Waals surface area contributed by atoms with Crippen LogP contribution in [0.15, 0.2) is 30.5 Å². The summed E-state index contributed by atoms with van der Waals surface area (Å²) in [6.45, 7) is 5.21. The fourth-order valence-corrected chi connectivity index (χ4v) is 5.86. The first-order valence-electron chi connectivity index (χ1n) is 12.1. The van der Waals surface area contributed by atoms with Crippen molar-refractivity contribution >= 4 is 17.5 Å². The largest absolute Gasteiger partial charge is 0.342 e. The number of aromatic nitrogens is 1. The molecule has 1 aliphatic heterocycles. The molecule has 1 spiro atoms. The number of carbonyl (C=O) groups excluding carboxylic acids is 3. The number of Topliss-reactive ketones (excluding diaryl/α,β-unsaturated/α-hetero) is 2. The maximum atomic E-state index is 13.4. The van der Waals surface area contributed by atoms with E-state index in [0.29, 0.717) is 31.5 Å². The van der Waals surface area contributed by atoms with Gasteiger partial charge in [0.25, 0.3) is 0 Å². The Kier molecular flexibility index (Phi) is 5.59. The molecule has 3 fully saturated rings. The molecule has 174 valence electrons. The van der Waals surface area contributed by atoms with Crippen molar-refractivity contribution in [1.29, 1.82) is 5.26 Å². The van der Waals surface area contributed by atoms with Crippen LogP contribution in [0, 0.1) is 36.5 Å². The summed E-state index contributed by atoms with van der Waals surface area (Å²) in [5.41, 5.74) is 4.52. The third kappa shape index (κ3) is 4.04. The highest BCUT2D eigenvalue weighted by Gasteiger charge is 2.48. The lowest BCUT2D eigenvalue weighted by Crippen LogP contribution is -2.48. The molecule has 0 radical (unpaired) electrons. The zero-order valence-corrected chi connectivity index (χ0v) is 19.8. The van der Waals surface area contributed by atoms with Gasteiger partial charge in [0.15, 0.2) is 0 Å². The van der Waals surface area contributed by atoms with Gasteiger partial charge in [0.1, 0.15) is 23.6 Å². The van der Waals surface area contributed by atoms with E-state index in [-0.39, 0.29) is 28.8 Å². The Morgan fingerprint density at radius 2 is 1.68 bits per heavy atom. The summed E-state index contributed by atoms with van der Waals surface area (Å²) < 4.78 is 0. The molecule has 6 nitrogen and oxygen atoms in total. The van der Waals surface area contributed by atoms with Gasteiger partial charge >= 0.3 is 0 Å². The van der Waals surface area contributed by atoms with Gasteiger partial charge < -0.3 is 4.90 Å². The van der Waals surface area contributed by atoms with E-state index in [1.165, 1.54) is 0 Å². The zero-order valence-electron chi connectivity index (χ0n) is 19.8. The SMILES string of the molecule is Cc1cc(-c2ccc(C#N)cn2)cc(C)c1C1C(=O)CC2(CCN(C(=O)C3CC3)CC2)CC1=O. The monoisotopic (exact) mass is 455 g/mol. The Balaban J connectivity index is 1.34. The van der Waals surface area contributed by atoms with Crippen LogP contribution in [0.5, 0.6) is 0 Å². The first-order valence-corrected chi connectivity index (χ1v) is 12.1. The van der Waals surface area contributed by atoms with Gasteiger partial charge in [-0.2, -0.15) is 5.26 Å². The van der Waals surface area contributed by atoms with Gasteiger partial charge in [-0.1, -0.05) is 0 Å². The lowest BCUT2D eigenvalue weighted by Gasteiger charge is -2.45. The van der Waals surface area contributed by atoms with Crippen LogP contribution in [-0.2, 0) is 14.4 Å². The number of benzene rings is 1. The van der Waals surface area contributed by atoms with E-state index in [1.807, 2.05) is 36.9 Å². The maximum absolute atomic E-state index is 13.4. The quantitative estimate of drug-likeness (QED) is 0.645. The Morgan fingerprint density at radius 1 is 1.06 bits per heavy atom. The number of piperidine rings is 1. The molecular weight excluding hydrogens is 426 g/mol. The molecule has 34 heavy (non-hydrogen) atoms. The van der Waals surface area contributed by atoms with Gasteiger partial charge in [-0.05, 0) is 85.9 Å². The first-order chi connectivity index (χ1) is 16.3. The van der Waals surface area contributed by atoms with Gasteiger partial charge in [0, 0.05) is 43.6 Å². The number of carbonyl (C=O) groups is 3. The van der Waals surface area contributed by atoms with Gasteiger partial charge in [-0.3, -0.25) is 19.4 Å². The molecule has 2 aromatic rings. The van der Waals surface area contributed by atoms with Crippen LogP contribution in [0.2, 0.25) is 0 Å². The molecule has 0 unspecified atom stereocenters. The minimum atomic E-state index is -0.709. The second-order valence-electron chi connectivity index (χ2n) is 10.4.